The number of nitrogens with zero attached hydrogens (tertiary/aromatic N) is 2. The number of ether oxygens (including phenoxy) is 6. The van der Waals surface area contributed by atoms with Crippen LogP contribution in [0.15, 0.2) is 108 Å². The van der Waals surface area contributed by atoms with Crippen LogP contribution in [0.25, 0.3) is 11.4 Å². The second-order valence-corrected chi connectivity index (χ2v) is 12.7. The Balaban J connectivity index is 1.29. The minimum atomic E-state index is -4.33. The minimum Gasteiger partial charge on any atom is -0.493 e. The first-order chi connectivity index (χ1) is 25.2. The fraction of sp³-hybridized carbons (Fsp3) is 0.167. The van der Waals surface area contributed by atoms with Crippen LogP contribution < -0.4 is 33.7 Å². The van der Waals surface area contributed by atoms with Crippen molar-refractivity contribution in [2.24, 2.45) is 0 Å². The number of fused-ring (bicyclic) bond motifs is 1. The molecule has 0 aliphatic carbocycles. The van der Waals surface area contributed by atoms with Crippen LogP contribution in [0.3, 0.4) is 0 Å². The predicted molar refractivity (Wildman–Crippen MR) is 185 cm³/mol. The number of amides is 1. The highest BCUT2D eigenvalue weighted by molar-refractivity contribution is 7.92. The SMILES string of the molecule is COc1ccccc1Oc1c(NS(=O)(=O)c2ccc3c(c2)OCO3)nc(-c2ccccc2)nc1OCCOC(=O)NC(Cc1ccccc1)C(=O)O. The number of para-hydroxylation sites is 2. The molecule has 0 radical (unpaired) electrons. The van der Waals surface area contributed by atoms with Crippen molar-refractivity contribution < 1.29 is 51.5 Å². The van der Waals surface area contributed by atoms with E-state index in [1.165, 1.54) is 25.3 Å². The molecule has 5 aromatic rings. The standard InChI is InChI=1S/C36H32N4O11S/c1-46-27-14-8-9-15-29(27)51-31-33(40-52(44,45)25-16-17-28-30(21-25)50-22-49-28)38-32(24-12-6-3-7-13-24)39-34(31)47-18-19-48-36(43)37-26(35(41)42)20-23-10-4-2-5-11-23/h2-17,21,26H,18-20,22H2,1H3,(H,37,43)(H,41,42)(H,38,39,40). The van der Waals surface area contributed by atoms with Gasteiger partial charge in [-0.1, -0.05) is 72.8 Å². The second kappa shape index (κ2) is 16.0. The Bertz CT molecular complexity index is 2150. The van der Waals surface area contributed by atoms with Gasteiger partial charge < -0.3 is 38.8 Å². The first kappa shape index (κ1) is 35.3. The van der Waals surface area contributed by atoms with Gasteiger partial charge in [0.05, 0.1) is 12.0 Å². The van der Waals surface area contributed by atoms with Crippen LogP contribution >= 0.6 is 0 Å². The molecule has 0 saturated carbocycles. The van der Waals surface area contributed by atoms with Crippen molar-refractivity contribution in [3.8, 4) is 46.0 Å². The van der Waals surface area contributed by atoms with E-state index in [0.29, 0.717) is 22.6 Å². The molecular weight excluding hydrogens is 696 g/mol. The summed E-state index contributed by atoms with van der Waals surface area (Å²) in [5.41, 5.74) is 1.23. The highest BCUT2D eigenvalue weighted by Crippen LogP contribution is 2.42. The molecule has 1 aliphatic rings. The van der Waals surface area contributed by atoms with Gasteiger partial charge in [-0.2, -0.15) is 4.98 Å². The maximum atomic E-state index is 13.8. The number of benzene rings is 4. The Morgan fingerprint density at radius 2 is 1.56 bits per heavy atom. The molecule has 0 fully saturated rings. The van der Waals surface area contributed by atoms with E-state index in [1.54, 1.807) is 84.9 Å². The van der Waals surface area contributed by atoms with Gasteiger partial charge in [-0.15, -0.1) is 0 Å². The normalized spacial score (nSPS) is 12.3. The van der Waals surface area contributed by atoms with Crippen molar-refractivity contribution in [2.75, 3.05) is 31.8 Å². The number of anilines is 1. The van der Waals surface area contributed by atoms with E-state index in [0.717, 1.165) is 0 Å². The average molecular weight is 729 g/mol. The van der Waals surface area contributed by atoms with Crippen molar-refractivity contribution in [3.05, 3.63) is 109 Å². The van der Waals surface area contributed by atoms with Crippen LogP contribution in [0.1, 0.15) is 5.56 Å². The van der Waals surface area contributed by atoms with E-state index >= 15 is 0 Å². The number of nitrogens with one attached hydrogen (secondary N) is 2. The molecule has 6 rings (SSSR count). The summed E-state index contributed by atoms with van der Waals surface area (Å²) in [7, 11) is -2.89. The predicted octanol–water partition coefficient (Wildman–Crippen LogP) is 5.27. The number of carboxylic acid groups (broad SMARTS) is 1. The van der Waals surface area contributed by atoms with Crippen LogP contribution in [0.4, 0.5) is 10.6 Å². The summed E-state index contributed by atoms with van der Waals surface area (Å²) in [6.45, 7) is -0.693. The molecule has 1 amide bonds. The van der Waals surface area contributed by atoms with E-state index in [-0.39, 0.29) is 66.1 Å². The Morgan fingerprint density at radius 3 is 2.29 bits per heavy atom. The number of hydrogen-bond acceptors (Lipinski definition) is 12. The Hall–Kier alpha value is -6.55. The zero-order chi connectivity index (χ0) is 36.5. The largest absolute Gasteiger partial charge is 0.493 e. The molecule has 2 heterocycles. The van der Waals surface area contributed by atoms with Gasteiger partial charge >= 0.3 is 12.1 Å². The monoisotopic (exact) mass is 728 g/mol. The quantitative estimate of drug-likeness (QED) is 0.118. The number of aromatic nitrogens is 2. The number of carbonyl (C=O) groups is 2. The van der Waals surface area contributed by atoms with Gasteiger partial charge in [0.25, 0.3) is 15.9 Å². The third-order valence-electron chi connectivity index (χ3n) is 7.46. The lowest BCUT2D eigenvalue weighted by atomic mass is 10.1. The molecule has 0 spiro atoms. The molecule has 0 saturated heterocycles. The number of sulfonamides is 1. The second-order valence-electron chi connectivity index (χ2n) is 11.0. The molecule has 1 atom stereocenters. The summed E-state index contributed by atoms with van der Waals surface area (Å²) < 4.78 is 63.5. The Morgan fingerprint density at radius 1 is 0.865 bits per heavy atom. The van der Waals surface area contributed by atoms with Crippen molar-refractivity contribution in [2.45, 2.75) is 17.4 Å². The highest BCUT2D eigenvalue weighted by Gasteiger charge is 2.27. The summed E-state index contributed by atoms with van der Waals surface area (Å²) in [6, 6.07) is 27.1. The lowest BCUT2D eigenvalue weighted by Crippen LogP contribution is -2.42. The van der Waals surface area contributed by atoms with Gasteiger partial charge in [0.15, 0.2) is 34.6 Å². The van der Waals surface area contributed by atoms with E-state index in [9.17, 15) is 23.1 Å². The molecule has 268 valence electrons. The molecule has 52 heavy (non-hydrogen) atoms. The van der Waals surface area contributed by atoms with Gasteiger partial charge in [0.2, 0.25) is 12.5 Å². The van der Waals surface area contributed by atoms with E-state index < -0.39 is 28.1 Å². The molecule has 4 aromatic carbocycles. The summed E-state index contributed by atoms with van der Waals surface area (Å²) in [6.07, 6.45) is -0.943. The minimum absolute atomic E-state index is 0.0412. The van der Waals surface area contributed by atoms with Gasteiger partial charge in [-0.3, -0.25) is 4.72 Å². The smallest absolute Gasteiger partial charge is 0.407 e. The van der Waals surface area contributed by atoms with Gasteiger partial charge in [-0.25, -0.2) is 23.0 Å². The van der Waals surface area contributed by atoms with Crippen LogP contribution in [0, 0.1) is 0 Å². The summed E-state index contributed by atoms with van der Waals surface area (Å²) in [5, 5.41) is 12.0. The number of aliphatic carboxylic acids is 1. The fourth-order valence-electron chi connectivity index (χ4n) is 4.96. The van der Waals surface area contributed by atoms with Crippen LogP contribution in [-0.2, 0) is 26.0 Å². The zero-order valence-corrected chi connectivity index (χ0v) is 28.4. The molecule has 15 nitrogen and oxygen atoms in total. The molecule has 1 aromatic heterocycles. The van der Waals surface area contributed by atoms with Gasteiger partial charge in [0.1, 0.15) is 19.3 Å². The number of alkyl carbamates (subject to hydrolysis) is 1. The van der Waals surface area contributed by atoms with Crippen molar-refractivity contribution in [1.29, 1.82) is 0 Å². The molecule has 1 unspecified atom stereocenters. The number of carbonyl (C=O) groups excluding carboxylic acids is 1. The topological polar surface area (TPSA) is 194 Å². The summed E-state index contributed by atoms with van der Waals surface area (Å²) >= 11 is 0. The third-order valence-corrected chi connectivity index (χ3v) is 8.80. The lowest BCUT2D eigenvalue weighted by molar-refractivity contribution is -0.139. The maximum Gasteiger partial charge on any atom is 0.407 e. The molecular formula is C36H32N4O11S. The first-order valence-corrected chi connectivity index (χ1v) is 17.2. The zero-order valence-electron chi connectivity index (χ0n) is 27.6. The van der Waals surface area contributed by atoms with Gasteiger partial charge in [0, 0.05) is 18.1 Å². The number of rotatable bonds is 15. The maximum absolute atomic E-state index is 13.8. The number of methoxy groups -OCH3 is 1. The average Bonchev–Trinajstić information content (AvgIpc) is 3.63. The van der Waals surface area contributed by atoms with Gasteiger partial charge in [-0.05, 0) is 29.8 Å². The van der Waals surface area contributed by atoms with Crippen LogP contribution in [0.2, 0.25) is 0 Å². The summed E-state index contributed by atoms with van der Waals surface area (Å²) in [5.74, 6) is -0.729. The number of carboxylic acids is 1. The Labute approximate surface area is 298 Å². The molecule has 0 bridgehead atoms. The number of hydrogen-bond donors (Lipinski definition) is 3. The molecule has 1 aliphatic heterocycles. The first-order valence-electron chi connectivity index (χ1n) is 15.7. The molecule has 16 heteroatoms. The van der Waals surface area contributed by atoms with Crippen molar-refractivity contribution in [1.82, 2.24) is 15.3 Å². The van der Waals surface area contributed by atoms with Crippen LogP contribution in [0.5, 0.6) is 34.6 Å². The van der Waals surface area contributed by atoms with Crippen molar-refractivity contribution in [3.63, 3.8) is 0 Å². The van der Waals surface area contributed by atoms with E-state index in [4.69, 9.17) is 28.4 Å². The van der Waals surface area contributed by atoms with Crippen molar-refractivity contribution >= 4 is 27.9 Å². The molecule has 3 N–H and O–H groups in total. The van der Waals surface area contributed by atoms with E-state index in [1.807, 2.05) is 0 Å². The highest BCUT2D eigenvalue weighted by atomic mass is 32.2. The summed E-state index contributed by atoms with van der Waals surface area (Å²) in [4.78, 5) is 33.3. The third kappa shape index (κ3) is 8.59. The van der Waals surface area contributed by atoms with E-state index in [2.05, 4.69) is 20.0 Å². The lowest BCUT2D eigenvalue weighted by Gasteiger charge is -2.19. The van der Waals surface area contributed by atoms with Crippen LogP contribution in [-0.4, -0.2) is 68.7 Å². The Kier molecular flexibility index (Phi) is 10.8. The fourth-order valence-corrected chi connectivity index (χ4v) is 5.98.